The zero-order valence-corrected chi connectivity index (χ0v) is 11.0. The fourth-order valence-electron chi connectivity index (χ4n) is 3.25. The smallest absolute Gasteiger partial charge is 0.162 e. The van der Waals surface area contributed by atoms with E-state index < -0.39 is 11.6 Å². The molecule has 2 unspecified atom stereocenters. The third-order valence-corrected chi connectivity index (χ3v) is 4.34. The molecule has 1 saturated carbocycles. The fraction of sp³-hybridized carbons (Fsp3) is 0.600. The summed E-state index contributed by atoms with van der Waals surface area (Å²) >= 11 is 0. The quantitative estimate of drug-likeness (QED) is 0.874. The Kier molecular flexibility index (Phi) is 3.71. The zero-order valence-electron chi connectivity index (χ0n) is 11.0. The van der Waals surface area contributed by atoms with Crippen molar-refractivity contribution in [1.82, 2.24) is 0 Å². The van der Waals surface area contributed by atoms with Gasteiger partial charge in [0.1, 0.15) is 0 Å². The van der Waals surface area contributed by atoms with Gasteiger partial charge in [0.05, 0.1) is 0 Å². The molecule has 0 aromatic heterocycles. The molecule has 1 aromatic carbocycles. The highest BCUT2D eigenvalue weighted by atomic mass is 19.2. The summed E-state index contributed by atoms with van der Waals surface area (Å²) in [5, 5.41) is 0. The van der Waals surface area contributed by atoms with Gasteiger partial charge in [-0.05, 0) is 42.2 Å². The van der Waals surface area contributed by atoms with E-state index in [1.54, 1.807) is 12.1 Å². The van der Waals surface area contributed by atoms with Crippen molar-refractivity contribution in [3.63, 3.8) is 0 Å². The second-order valence-corrected chi connectivity index (χ2v) is 6.07. The molecule has 1 aromatic rings. The second kappa shape index (κ2) is 4.96. The molecule has 2 atom stereocenters. The Bertz CT molecular complexity index is 429. The van der Waals surface area contributed by atoms with Crippen molar-refractivity contribution in [3.8, 4) is 0 Å². The van der Waals surface area contributed by atoms with Gasteiger partial charge in [-0.25, -0.2) is 8.78 Å². The van der Waals surface area contributed by atoms with Crippen LogP contribution < -0.4 is 5.73 Å². The number of hydrogen-bond acceptors (Lipinski definition) is 1. The van der Waals surface area contributed by atoms with Gasteiger partial charge in [0.15, 0.2) is 11.6 Å². The summed E-state index contributed by atoms with van der Waals surface area (Å²) < 4.78 is 26.8. The van der Waals surface area contributed by atoms with E-state index in [4.69, 9.17) is 5.73 Å². The lowest BCUT2D eigenvalue weighted by Crippen LogP contribution is -2.38. The predicted molar refractivity (Wildman–Crippen MR) is 69.2 cm³/mol. The van der Waals surface area contributed by atoms with E-state index >= 15 is 0 Å². The van der Waals surface area contributed by atoms with Gasteiger partial charge < -0.3 is 5.73 Å². The topological polar surface area (TPSA) is 26.0 Å². The molecule has 1 fully saturated rings. The largest absolute Gasteiger partial charge is 0.327 e. The average Bonchev–Trinajstić information content (AvgIpc) is 2.65. The summed E-state index contributed by atoms with van der Waals surface area (Å²) in [6.45, 7) is 4.43. The normalized spacial score (nSPS) is 24.2. The highest BCUT2D eigenvalue weighted by molar-refractivity contribution is 5.20. The lowest BCUT2D eigenvalue weighted by atomic mass is 9.76. The number of hydrogen-bond donors (Lipinski definition) is 1. The number of rotatable bonds is 3. The van der Waals surface area contributed by atoms with Crippen molar-refractivity contribution in [1.29, 1.82) is 0 Å². The van der Waals surface area contributed by atoms with Gasteiger partial charge in [0, 0.05) is 6.04 Å². The van der Waals surface area contributed by atoms with E-state index in [-0.39, 0.29) is 11.5 Å². The van der Waals surface area contributed by atoms with Crippen LogP contribution in [0.5, 0.6) is 0 Å². The Hall–Kier alpha value is -0.960. The molecule has 100 valence electrons. The lowest BCUT2D eigenvalue weighted by Gasteiger charge is -2.32. The molecule has 18 heavy (non-hydrogen) atoms. The van der Waals surface area contributed by atoms with Crippen molar-refractivity contribution >= 4 is 0 Å². The molecule has 0 saturated heterocycles. The van der Waals surface area contributed by atoms with Crippen molar-refractivity contribution in [2.45, 2.75) is 45.6 Å². The maximum Gasteiger partial charge on any atom is 0.162 e. The van der Waals surface area contributed by atoms with Crippen molar-refractivity contribution in [3.05, 3.63) is 35.4 Å². The minimum atomic E-state index is -0.787. The van der Waals surface area contributed by atoms with E-state index in [0.717, 1.165) is 18.9 Å². The second-order valence-electron chi connectivity index (χ2n) is 6.07. The van der Waals surface area contributed by atoms with Gasteiger partial charge in [-0.2, -0.15) is 0 Å². The summed E-state index contributed by atoms with van der Waals surface area (Å²) in [6, 6.07) is 4.21. The van der Waals surface area contributed by atoms with Gasteiger partial charge >= 0.3 is 0 Å². The first-order valence-corrected chi connectivity index (χ1v) is 6.60. The Balaban J connectivity index is 2.12. The average molecular weight is 253 g/mol. The predicted octanol–water partition coefficient (Wildman–Crippen LogP) is 3.66. The Labute approximate surface area is 107 Å². The molecule has 0 heterocycles. The standard InChI is InChI=1S/C15H21F2N/c1-15(2)8-4-6-11(15)13(18)9-10-5-3-7-12(16)14(10)17/h3,5,7,11,13H,4,6,8-9,18H2,1-2H3. The maximum absolute atomic E-state index is 13.6. The van der Waals surface area contributed by atoms with Crippen LogP contribution in [0.4, 0.5) is 8.78 Å². The van der Waals surface area contributed by atoms with Gasteiger partial charge in [-0.1, -0.05) is 32.4 Å². The molecular formula is C15H21F2N. The molecule has 0 amide bonds. The highest BCUT2D eigenvalue weighted by Crippen LogP contribution is 2.44. The minimum Gasteiger partial charge on any atom is -0.327 e. The van der Waals surface area contributed by atoms with Crippen LogP contribution in [-0.2, 0) is 6.42 Å². The molecule has 0 radical (unpaired) electrons. The molecule has 1 nitrogen and oxygen atoms in total. The van der Waals surface area contributed by atoms with Gasteiger partial charge in [0.2, 0.25) is 0 Å². The first-order chi connectivity index (χ1) is 8.42. The van der Waals surface area contributed by atoms with Crippen LogP contribution in [0.3, 0.4) is 0 Å². The lowest BCUT2D eigenvalue weighted by molar-refractivity contribution is 0.219. The molecule has 3 heteroatoms. The summed E-state index contributed by atoms with van der Waals surface area (Å²) in [7, 11) is 0. The van der Waals surface area contributed by atoms with Crippen LogP contribution in [0, 0.1) is 23.0 Å². The third kappa shape index (κ3) is 2.56. The molecular weight excluding hydrogens is 232 g/mol. The van der Waals surface area contributed by atoms with Crippen LogP contribution in [-0.4, -0.2) is 6.04 Å². The number of benzene rings is 1. The first-order valence-electron chi connectivity index (χ1n) is 6.60. The van der Waals surface area contributed by atoms with Crippen LogP contribution >= 0.6 is 0 Å². The summed E-state index contributed by atoms with van der Waals surface area (Å²) in [4.78, 5) is 0. The summed E-state index contributed by atoms with van der Waals surface area (Å²) in [6.07, 6.45) is 3.84. The van der Waals surface area contributed by atoms with Gasteiger partial charge in [-0.3, -0.25) is 0 Å². The van der Waals surface area contributed by atoms with Crippen molar-refractivity contribution in [2.75, 3.05) is 0 Å². The summed E-state index contributed by atoms with van der Waals surface area (Å²) in [5.74, 6) is -1.14. The molecule has 0 bridgehead atoms. The van der Waals surface area contributed by atoms with Gasteiger partial charge in [-0.15, -0.1) is 0 Å². The third-order valence-electron chi connectivity index (χ3n) is 4.34. The SMILES string of the molecule is CC1(C)CCCC1C(N)Cc1cccc(F)c1F. The molecule has 0 spiro atoms. The Morgan fingerprint density at radius 2 is 2.11 bits per heavy atom. The monoisotopic (exact) mass is 253 g/mol. The first kappa shape index (κ1) is 13.5. The van der Waals surface area contributed by atoms with E-state index in [1.165, 1.54) is 6.42 Å². The number of nitrogens with two attached hydrogens (primary N) is 1. The van der Waals surface area contributed by atoms with E-state index in [0.29, 0.717) is 17.9 Å². The molecule has 1 aliphatic carbocycles. The summed E-state index contributed by atoms with van der Waals surface area (Å²) in [5.41, 5.74) is 6.82. The van der Waals surface area contributed by atoms with E-state index in [1.807, 2.05) is 0 Å². The molecule has 1 aliphatic rings. The van der Waals surface area contributed by atoms with Gasteiger partial charge in [0.25, 0.3) is 0 Å². The van der Waals surface area contributed by atoms with Crippen LogP contribution in [0.2, 0.25) is 0 Å². The van der Waals surface area contributed by atoms with Crippen LogP contribution in [0.1, 0.15) is 38.7 Å². The molecule has 2 N–H and O–H groups in total. The molecule has 0 aliphatic heterocycles. The van der Waals surface area contributed by atoms with Crippen molar-refractivity contribution < 1.29 is 8.78 Å². The van der Waals surface area contributed by atoms with Crippen molar-refractivity contribution in [2.24, 2.45) is 17.1 Å². The minimum absolute atomic E-state index is 0.0983. The number of halogens is 2. The Morgan fingerprint density at radius 1 is 1.39 bits per heavy atom. The fourth-order valence-corrected chi connectivity index (χ4v) is 3.25. The zero-order chi connectivity index (χ0) is 13.3. The van der Waals surface area contributed by atoms with E-state index in [2.05, 4.69) is 13.8 Å². The van der Waals surface area contributed by atoms with E-state index in [9.17, 15) is 8.78 Å². The Morgan fingerprint density at radius 3 is 2.72 bits per heavy atom. The van der Waals surface area contributed by atoms with Crippen LogP contribution in [0.15, 0.2) is 18.2 Å². The van der Waals surface area contributed by atoms with Crippen LogP contribution in [0.25, 0.3) is 0 Å². The maximum atomic E-state index is 13.6. The highest BCUT2D eigenvalue weighted by Gasteiger charge is 2.38. The molecule has 2 rings (SSSR count).